The van der Waals surface area contributed by atoms with Crippen LogP contribution >= 0.6 is 12.2 Å². The van der Waals surface area contributed by atoms with E-state index in [0.29, 0.717) is 18.2 Å². The zero-order valence-corrected chi connectivity index (χ0v) is 18.0. The maximum Gasteiger partial charge on any atom is 0.299 e. The molecule has 31 heavy (non-hydrogen) atoms. The summed E-state index contributed by atoms with van der Waals surface area (Å²) in [7, 11) is 0. The van der Waals surface area contributed by atoms with E-state index in [2.05, 4.69) is 32.4 Å². The highest BCUT2D eigenvalue weighted by molar-refractivity contribution is 7.80. The number of hydrogen-bond acceptors (Lipinski definition) is 3. The third-order valence-electron chi connectivity index (χ3n) is 5.46. The number of hydrogen-bond donors (Lipinski definition) is 3. The van der Waals surface area contributed by atoms with Gasteiger partial charge in [0.05, 0.1) is 0 Å². The van der Waals surface area contributed by atoms with Crippen LogP contribution in [0, 0.1) is 11.8 Å². The number of nitrogens with zero attached hydrogens (tertiary/aromatic N) is 2. The van der Waals surface area contributed by atoms with Gasteiger partial charge >= 0.3 is 0 Å². The van der Waals surface area contributed by atoms with Gasteiger partial charge in [0.15, 0.2) is 5.11 Å². The smallest absolute Gasteiger partial charge is 0.299 e. The number of aromatic amines is 1. The van der Waals surface area contributed by atoms with Crippen LogP contribution in [0.15, 0.2) is 54.9 Å². The minimum atomic E-state index is -0.124. The van der Waals surface area contributed by atoms with Crippen molar-refractivity contribution >= 4 is 34.3 Å². The van der Waals surface area contributed by atoms with Crippen molar-refractivity contribution in [2.24, 2.45) is 0 Å². The summed E-state index contributed by atoms with van der Waals surface area (Å²) in [5, 5.41) is 8.20. The fourth-order valence-corrected chi connectivity index (χ4v) is 3.98. The van der Waals surface area contributed by atoms with Crippen LogP contribution in [0.4, 0.5) is 0 Å². The predicted octanol–water partition coefficient (Wildman–Crippen LogP) is 2.96. The van der Waals surface area contributed by atoms with E-state index in [4.69, 9.17) is 12.2 Å². The molecule has 0 spiro atoms. The lowest BCUT2D eigenvalue weighted by atomic mass is 10.0. The lowest BCUT2D eigenvalue weighted by Gasteiger charge is -2.34. The van der Waals surface area contributed by atoms with Gasteiger partial charge in [-0.05, 0) is 61.3 Å². The van der Waals surface area contributed by atoms with Crippen molar-refractivity contribution in [1.82, 2.24) is 25.5 Å². The summed E-state index contributed by atoms with van der Waals surface area (Å²) < 4.78 is 0. The number of fused-ring (bicyclic) bond motifs is 1. The molecule has 1 aliphatic heterocycles. The molecule has 1 unspecified atom stereocenters. The number of thiocarbonyl (C=S) groups is 1. The number of pyridine rings is 1. The van der Waals surface area contributed by atoms with Gasteiger partial charge in [-0.3, -0.25) is 4.79 Å². The number of H-pyrrole nitrogens is 1. The van der Waals surface area contributed by atoms with Gasteiger partial charge in [-0.1, -0.05) is 24.1 Å². The van der Waals surface area contributed by atoms with Crippen LogP contribution in [0.3, 0.4) is 0 Å². The molecule has 158 valence electrons. The summed E-state index contributed by atoms with van der Waals surface area (Å²) in [6.45, 7) is 1.95. The molecule has 0 saturated carbocycles. The average Bonchev–Trinajstić information content (AvgIpc) is 3.30. The van der Waals surface area contributed by atoms with Gasteiger partial charge in [-0.15, -0.1) is 0 Å². The Kier molecular flexibility index (Phi) is 6.80. The first-order chi connectivity index (χ1) is 15.2. The summed E-state index contributed by atoms with van der Waals surface area (Å²) >= 11 is 5.47. The highest BCUT2D eigenvalue weighted by Gasteiger charge is 2.25. The number of aromatic nitrogens is 2. The summed E-state index contributed by atoms with van der Waals surface area (Å²) in [6, 6.07) is 13.7. The van der Waals surface area contributed by atoms with Gasteiger partial charge in [0.25, 0.3) is 5.91 Å². The van der Waals surface area contributed by atoms with Crippen LogP contribution in [-0.2, 0) is 11.3 Å². The van der Waals surface area contributed by atoms with Crippen LogP contribution in [0.5, 0.6) is 0 Å². The monoisotopic (exact) mass is 431 g/mol. The SMILES string of the molecule is O=C(C#Cc1ccccc1)N1CCCCC1CNC(=S)NCc1ccnc2[nH]ccc12. The van der Waals surface area contributed by atoms with E-state index in [-0.39, 0.29) is 11.9 Å². The van der Waals surface area contributed by atoms with E-state index in [1.165, 1.54) is 0 Å². The Morgan fingerprint density at radius 2 is 2.06 bits per heavy atom. The van der Waals surface area contributed by atoms with E-state index in [1.807, 2.05) is 53.6 Å². The van der Waals surface area contributed by atoms with Gasteiger partial charge in [-0.25, -0.2) is 4.98 Å². The molecule has 7 heteroatoms. The number of rotatable bonds is 4. The molecule has 0 aliphatic carbocycles. The molecule has 0 radical (unpaired) electrons. The van der Waals surface area contributed by atoms with E-state index >= 15 is 0 Å². The van der Waals surface area contributed by atoms with Crippen molar-refractivity contribution in [3.05, 3.63) is 66.0 Å². The first-order valence-corrected chi connectivity index (χ1v) is 10.9. The minimum Gasteiger partial charge on any atom is -0.361 e. The number of nitrogens with one attached hydrogen (secondary N) is 3. The lowest BCUT2D eigenvalue weighted by molar-refractivity contribution is -0.128. The molecule has 1 aromatic carbocycles. The fourth-order valence-electron chi connectivity index (χ4n) is 3.82. The molecule has 1 fully saturated rings. The Morgan fingerprint density at radius 3 is 2.94 bits per heavy atom. The quantitative estimate of drug-likeness (QED) is 0.438. The number of carbonyl (C=O) groups excluding carboxylic acids is 1. The standard InChI is InChI=1S/C24H25N5OS/c30-22(10-9-18-6-2-1-3-7-18)29-15-5-4-8-20(29)17-28-24(31)27-16-19-11-13-25-23-21(19)12-14-26-23/h1-3,6-7,11-14,20H,4-5,8,15-17H2,(H,25,26)(H2,27,28,31). The van der Waals surface area contributed by atoms with Crippen molar-refractivity contribution in [2.75, 3.05) is 13.1 Å². The second-order valence-corrected chi connectivity index (χ2v) is 7.95. The number of likely N-dealkylation sites (tertiary alicyclic amines) is 1. The number of amides is 1. The lowest BCUT2D eigenvalue weighted by Crippen LogP contribution is -2.50. The minimum absolute atomic E-state index is 0.0865. The van der Waals surface area contributed by atoms with Crippen LogP contribution in [0.2, 0.25) is 0 Å². The molecule has 2 aromatic heterocycles. The van der Waals surface area contributed by atoms with E-state index < -0.39 is 0 Å². The highest BCUT2D eigenvalue weighted by atomic mass is 32.1. The second-order valence-electron chi connectivity index (χ2n) is 7.54. The third-order valence-corrected chi connectivity index (χ3v) is 5.75. The first kappa shape index (κ1) is 20.9. The summed E-state index contributed by atoms with van der Waals surface area (Å²) in [4.78, 5) is 22.0. The highest BCUT2D eigenvalue weighted by Crippen LogP contribution is 2.17. The number of carbonyl (C=O) groups is 1. The van der Waals surface area contributed by atoms with Gasteiger partial charge in [0, 0.05) is 54.9 Å². The zero-order valence-electron chi connectivity index (χ0n) is 17.2. The average molecular weight is 432 g/mol. The van der Waals surface area contributed by atoms with Gasteiger partial charge in [-0.2, -0.15) is 0 Å². The van der Waals surface area contributed by atoms with Crippen molar-refractivity contribution in [3.8, 4) is 11.8 Å². The van der Waals surface area contributed by atoms with Gasteiger partial charge in [0.1, 0.15) is 5.65 Å². The Morgan fingerprint density at radius 1 is 1.19 bits per heavy atom. The molecule has 1 saturated heterocycles. The number of benzene rings is 1. The van der Waals surface area contributed by atoms with Crippen LogP contribution in [0.1, 0.15) is 30.4 Å². The molecular formula is C24H25N5OS. The molecule has 1 amide bonds. The van der Waals surface area contributed by atoms with E-state index in [9.17, 15) is 4.79 Å². The van der Waals surface area contributed by atoms with Crippen LogP contribution < -0.4 is 10.6 Å². The van der Waals surface area contributed by atoms with Crippen molar-refractivity contribution in [2.45, 2.75) is 31.8 Å². The molecule has 3 heterocycles. The third kappa shape index (κ3) is 5.41. The summed E-state index contributed by atoms with van der Waals surface area (Å²) in [5.41, 5.74) is 2.84. The van der Waals surface area contributed by atoms with Crippen LogP contribution in [-0.4, -0.2) is 45.0 Å². The van der Waals surface area contributed by atoms with E-state index in [0.717, 1.165) is 48.0 Å². The predicted molar refractivity (Wildman–Crippen MR) is 126 cm³/mol. The van der Waals surface area contributed by atoms with Crippen molar-refractivity contribution in [1.29, 1.82) is 0 Å². The molecule has 3 N–H and O–H groups in total. The topological polar surface area (TPSA) is 73.1 Å². The molecule has 1 aliphatic rings. The fraction of sp³-hybridized carbons (Fsp3) is 0.292. The van der Waals surface area contributed by atoms with Gasteiger partial charge in [0.2, 0.25) is 0 Å². The van der Waals surface area contributed by atoms with Crippen molar-refractivity contribution < 1.29 is 4.79 Å². The molecule has 0 bridgehead atoms. The largest absolute Gasteiger partial charge is 0.361 e. The number of piperidine rings is 1. The van der Waals surface area contributed by atoms with Crippen LogP contribution in [0.25, 0.3) is 11.0 Å². The summed E-state index contributed by atoms with van der Waals surface area (Å²) in [6.07, 6.45) is 6.72. The first-order valence-electron chi connectivity index (χ1n) is 10.5. The Bertz CT molecular complexity index is 1110. The van der Waals surface area contributed by atoms with Gasteiger partial charge < -0.3 is 20.5 Å². The summed E-state index contributed by atoms with van der Waals surface area (Å²) in [5.74, 6) is 5.65. The Labute approximate surface area is 187 Å². The molecule has 4 rings (SSSR count). The van der Waals surface area contributed by atoms with Crippen molar-refractivity contribution in [3.63, 3.8) is 0 Å². The Hall–Kier alpha value is -3.37. The normalized spacial score (nSPS) is 15.7. The molecular weight excluding hydrogens is 406 g/mol. The zero-order chi connectivity index (χ0) is 21.5. The molecule has 6 nitrogen and oxygen atoms in total. The molecule has 1 atom stereocenters. The maximum absolute atomic E-state index is 12.7. The maximum atomic E-state index is 12.7. The molecule has 3 aromatic rings. The second kappa shape index (κ2) is 10.1. The van der Waals surface area contributed by atoms with E-state index in [1.54, 1.807) is 6.20 Å². The Balaban J connectivity index is 1.31.